The average Bonchev–Trinajstić information content (AvgIpc) is 2.51. The van der Waals surface area contributed by atoms with E-state index >= 15 is 0 Å². The number of nitrogens with one attached hydrogen (secondary N) is 1. The molecule has 1 fully saturated rings. The quantitative estimate of drug-likeness (QED) is 0.797. The number of rotatable bonds is 6. The zero-order valence-electron chi connectivity index (χ0n) is 12.8. The Morgan fingerprint density at radius 3 is 2.86 bits per heavy atom. The van der Waals surface area contributed by atoms with E-state index in [9.17, 15) is 4.79 Å². The van der Waals surface area contributed by atoms with Gasteiger partial charge in [-0.25, -0.2) is 9.97 Å². The minimum atomic E-state index is 0.117. The van der Waals surface area contributed by atoms with Crippen molar-refractivity contribution in [3.05, 3.63) is 18.1 Å². The molecule has 21 heavy (non-hydrogen) atoms. The van der Waals surface area contributed by atoms with Gasteiger partial charge in [-0.3, -0.25) is 4.79 Å². The molecule has 1 N–H and O–H groups in total. The van der Waals surface area contributed by atoms with Gasteiger partial charge in [0.25, 0.3) is 0 Å². The lowest BCUT2D eigenvalue weighted by atomic mass is 9.96. The predicted octanol–water partition coefficient (Wildman–Crippen LogP) is 1.15. The maximum Gasteiger partial charge on any atom is 0.223 e. The van der Waals surface area contributed by atoms with Gasteiger partial charge >= 0.3 is 0 Å². The van der Waals surface area contributed by atoms with E-state index in [0.717, 1.165) is 43.9 Å². The van der Waals surface area contributed by atoms with Gasteiger partial charge in [0.1, 0.15) is 12.1 Å². The number of ether oxygens (including phenoxy) is 1. The van der Waals surface area contributed by atoms with Crippen LogP contribution in [0.25, 0.3) is 0 Å². The zero-order valence-corrected chi connectivity index (χ0v) is 12.8. The van der Waals surface area contributed by atoms with E-state index in [2.05, 4.69) is 20.2 Å². The minimum absolute atomic E-state index is 0.117. The molecule has 0 bridgehead atoms. The first-order chi connectivity index (χ1) is 10.2. The predicted molar refractivity (Wildman–Crippen MR) is 81.2 cm³/mol. The molecule has 0 saturated carbocycles. The highest BCUT2D eigenvalue weighted by Gasteiger charge is 2.25. The maximum atomic E-state index is 12.1. The molecule has 0 spiro atoms. The Balaban J connectivity index is 1.76. The van der Waals surface area contributed by atoms with Gasteiger partial charge < -0.3 is 15.0 Å². The zero-order chi connectivity index (χ0) is 15.1. The summed E-state index contributed by atoms with van der Waals surface area (Å²) >= 11 is 0. The van der Waals surface area contributed by atoms with Crippen LogP contribution in [-0.2, 0) is 9.53 Å². The lowest BCUT2D eigenvalue weighted by Crippen LogP contribution is -2.41. The molecule has 116 valence electrons. The number of carbonyl (C=O) groups excluding carboxylic acids is 1. The summed E-state index contributed by atoms with van der Waals surface area (Å²) in [5.41, 5.74) is 0.970. The summed E-state index contributed by atoms with van der Waals surface area (Å²) in [7, 11) is 1.67. The Hall–Kier alpha value is -1.69. The van der Waals surface area contributed by atoms with E-state index in [4.69, 9.17) is 4.74 Å². The highest BCUT2D eigenvalue weighted by molar-refractivity contribution is 5.78. The summed E-state index contributed by atoms with van der Waals surface area (Å²) in [6.07, 6.45) is 4.21. The van der Waals surface area contributed by atoms with Gasteiger partial charge in [0.05, 0.1) is 0 Å². The summed E-state index contributed by atoms with van der Waals surface area (Å²) in [6, 6.07) is 1.99. The van der Waals surface area contributed by atoms with Crippen molar-refractivity contribution in [2.24, 2.45) is 5.92 Å². The molecule has 1 saturated heterocycles. The number of carbonyl (C=O) groups is 1. The van der Waals surface area contributed by atoms with E-state index in [1.54, 1.807) is 13.4 Å². The molecule has 2 heterocycles. The molecule has 1 aromatic rings. The van der Waals surface area contributed by atoms with Crippen molar-refractivity contribution in [2.75, 3.05) is 38.3 Å². The number of aromatic nitrogens is 2. The third-order valence-corrected chi connectivity index (χ3v) is 3.80. The Kier molecular flexibility index (Phi) is 5.92. The van der Waals surface area contributed by atoms with E-state index < -0.39 is 0 Å². The Labute approximate surface area is 125 Å². The van der Waals surface area contributed by atoms with E-state index in [1.807, 2.05) is 13.0 Å². The van der Waals surface area contributed by atoms with Crippen LogP contribution in [0.2, 0.25) is 0 Å². The minimum Gasteiger partial charge on any atom is -0.385 e. The molecule has 2 rings (SSSR count). The van der Waals surface area contributed by atoms with Crippen LogP contribution in [0.4, 0.5) is 5.82 Å². The molecule has 0 aliphatic carbocycles. The van der Waals surface area contributed by atoms with E-state index in [0.29, 0.717) is 13.2 Å². The largest absolute Gasteiger partial charge is 0.385 e. The average molecular weight is 292 g/mol. The fraction of sp³-hybridized carbons (Fsp3) is 0.667. The second-order valence-corrected chi connectivity index (χ2v) is 5.42. The molecule has 6 heteroatoms. The van der Waals surface area contributed by atoms with Gasteiger partial charge in [-0.15, -0.1) is 0 Å². The number of anilines is 1. The fourth-order valence-electron chi connectivity index (χ4n) is 2.56. The third kappa shape index (κ3) is 4.67. The van der Waals surface area contributed by atoms with Crippen molar-refractivity contribution >= 4 is 11.7 Å². The summed E-state index contributed by atoms with van der Waals surface area (Å²) in [4.78, 5) is 22.7. The van der Waals surface area contributed by atoms with Gasteiger partial charge in [-0.2, -0.15) is 0 Å². The Morgan fingerprint density at radius 2 is 2.19 bits per heavy atom. The van der Waals surface area contributed by atoms with Crippen molar-refractivity contribution in [1.29, 1.82) is 0 Å². The fourth-order valence-corrected chi connectivity index (χ4v) is 2.56. The molecular weight excluding hydrogens is 268 g/mol. The van der Waals surface area contributed by atoms with Crippen molar-refractivity contribution in [3.8, 4) is 0 Å². The third-order valence-electron chi connectivity index (χ3n) is 3.80. The van der Waals surface area contributed by atoms with Crippen LogP contribution in [0, 0.1) is 12.8 Å². The van der Waals surface area contributed by atoms with Crippen molar-refractivity contribution in [2.45, 2.75) is 26.2 Å². The summed E-state index contributed by atoms with van der Waals surface area (Å²) in [6.45, 7) is 5.08. The standard InChI is InChI=1S/C15H24N4O2/c1-12-10-14(18-11-17-12)19-7-4-13(5-8-19)15(20)16-6-3-9-21-2/h10-11,13H,3-9H2,1-2H3,(H,16,20). The number of piperidine rings is 1. The van der Waals surface area contributed by atoms with Crippen molar-refractivity contribution in [3.63, 3.8) is 0 Å². The first-order valence-electron chi connectivity index (χ1n) is 7.51. The molecular formula is C15H24N4O2. The molecule has 1 amide bonds. The lowest BCUT2D eigenvalue weighted by Gasteiger charge is -2.32. The first kappa shape index (κ1) is 15.7. The highest BCUT2D eigenvalue weighted by Crippen LogP contribution is 2.21. The van der Waals surface area contributed by atoms with Gasteiger partial charge in [0, 0.05) is 51.0 Å². The summed E-state index contributed by atoms with van der Waals surface area (Å²) in [5, 5.41) is 2.99. The SMILES string of the molecule is COCCCNC(=O)C1CCN(c2cc(C)ncn2)CC1. The molecule has 6 nitrogen and oxygen atoms in total. The van der Waals surface area contributed by atoms with Gasteiger partial charge in [0.2, 0.25) is 5.91 Å². The van der Waals surface area contributed by atoms with Crippen LogP contribution in [-0.4, -0.2) is 49.2 Å². The summed E-state index contributed by atoms with van der Waals surface area (Å²) < 4.78 is 4.97. The number of aryl methyl sites for hydroxylation is 1. The molecule has 0 unspecified atom stereocenters. The van der Waals surface area contributed by atoms with Crippen molar-refractivity contribution < 1.29 is 9.53 Å². The number of hydrogen-bond acceptors (Lipinski definition) is 5. The molecule has 0 radical (unpaired) electrons. The van der Waals surface area contributed by atoms with Crippen LogP contribution < -0.4 is 10.2 Å². The number of amides is 1. The number of nitrogens with zero attached hydrogens (tertiary/aromatic N) is 3. The van der Waals surface area contributed by atoms with Crippen LogP contribution in [0.15, 0.2) is 12.4 Å². The van der Waals surface area contributed by atoms with E-state index in [1.165, 1.54) is 0 Å². The number of methoxy groups -OCH3 is 1. The lowest BCUT2D eigenvalue weighted by molar-refractivity contribution is -0.125. The summed E-state index contributed by atoms with van der Waals surface area (Å²) in [5.74, 6) is 1.25. The van der Waals surface area contributed by atoms with E-state index in [-0.39, 0.29) is 11.8 Å². The molecule has 1 aliphatic rings. The normalized spacial score (nSPS) is 16.0. The van der Waals surface area contributed by atoms with Gasteiger partial charge in [-0.05, 0) is 26.2 Å². The topological polar surface area (TPSA) is 67.3 Å². The van der Waals surface area contributed by atoms with Crippen LogP contribution in [0.3, 0.4) is 0 Å². The second-order valence-electron chi connectivity index (χ2n) is 5.42. The second kappa shape index (κ2) is 7.93. The van der Waals surface area contributed by atoms with Gasteiger partial charge in [0.15, 0.2) is 0 Å². The van der Waals surface area contributed by atoms with Crippen molar-refractivity contribution in [1.82, 2.24) is 15.3 Å². The molecule has 1 aromatic heterocycles. The van der Waals surface area contributed by atoms with Crippen LogP contribution in [0.5, 0.6) is 0 Å². The molecule has 0 aromatic carbocycles. The van der Waals surface area contributed by atoms with Gasteiger partial charge in [-0.1, -0.05) is 0 Å². The molecule has 0 atom stereocenters. The van der Waals surface area contributed by atoms with Crippen LogP contribution >= 0.6 is 0 Å². The smallest absolute Gasteiger partial charge is 0.223 e. The molecule has 1 aliphatic heterocycles. The monoisotopic (exact) mass is 292 g/mol. The Bertz CT molecular complexity index is 459. The number of hydrogen-bond donors (Lipinski definition) is 1. The van der Waals surface area contributed by atoms with Crippen LogP contribution in [0.1, 0.15) is 25.0 Å². The highest BCUT2D eigenvalue weighted by atomic mass is 16.5. The first-order valence-corrected chi connectivity index (χ1v) is 7.51. The maximum absolute atomic E-state index is 12.1. The Morgan fingerprint density at radius 1 is 1.43 bits per heavy atom.